The molecule has 0 aromatic carbocycles. The van der Waals surface area contributed by atoms with E-state index in [1.54, 1.807) is 12.4 Å². The molecule has 1 fully saturated rings. The van der Waals surface area contributed by atoms with Gasteiger partial charge in [-0.2, -0.15) is 0 Å². The van der Waals surface area contributed by atoms with Crippen molar-refractivity contribution in [2.45, 2.75) is 38.6 Å². The van der Waals surface area contributed by atoms with Crippen LogP contribution in [-0.2, 0) is 0 Å². The molecule has 4 heteroatoms. The number of hydrogen-bond donors (Lipinski definition) is 1. The molecule has 0 radical (unpaired) electrons. The van der Waals surface area contributed by atoms with Gasteiger partial charge in [0.15, 0.2) is 0 Å². The Morgan fingerprint density at radius 1 is 1.38 bits per heavy atom. The zero-order chi connectivity index (χ0) is 11.4. The molecule has 2 atom stereocenters. The van der Waals surface area contributed by atoms with E-state index in [0.717, 1.165) is 6.42 Å². The largest absolute Gasteiger partial charge is 0.348 e. The second-order valence-corrected chi connectivity index (χ2v) is 4.43. The van der Waals surface area contributed by atoms with E-state index in [1.165, 1.54) is 25.5 Å². The molecular weight excluding hydrogens is 202 g/mol. The van der Waals surface area contributed by atoms with Crippen LogP contribution in [0.1, 0.15) is 43.1 Å². The zero-order valence-corrected chi connectivity index (χ0v) is 9.52. The fraction of sp³-hybridized carbons (Fsp3) is 0.583. The minimum Gasteiger partial charge on any atom is -0.348 e. The van der Waals surface area contributed by atoms with Crippen molar-refractivity contribution < 1.29 is 4.79 Å². The Kier molecular flexibility index (Phi) is 3.49. The smallest absolute Gasteiger partial charge is 0.271 e. The van der Waals surface area contributed by atoms with E-state index in [1.807, 2.05) is 0 Å². The van der Waals surface area contributed by atoms with Crippen LogP contribution in [-0.4, -0.2) is 21.9 Å². The van der Waals surface area contributed by atoms with Crippen LogP contribution in [0.4, 0.5) is 0 Å². The number of rotatable bonds is 2. The summed E-state index contributed by atoms with van der Waals surface area (Å²) in [5.74, 6) is 0.459. The van der Waals surface area contributed by atoms with Crippen LogP contribution < -0.4 is 5.32 Å². The number of nitrogens with one attached hydrogen (secondary N) is 1. The van der Waals surface area contributed by atoms with Gasteiger partial charge >= 0.3 is 0 Å². The molecular formula is C12H17N3O. The van der Waals surface area contributed by atoms with E-state index in [0.29, 0.717) is 17.7 Å². The fourth-order valence-electron chi connectivity index (χ4n) is 2.19. The highest BCUT2D eigenvalue weighted by Crippen LogP contribution is 2.23. The molecule has 1 saturated carbocycles. The van der Waals surface area contributed by atoms with Crippen LogP contribution >= 0.6 is 0 Å². The van der Waals surface area contributed by atoms with Gasteiger partial charge in [0.05, 0.1) is 6.20 Å². The maximum absolute atomic E-state index is 11.8. The highest BCUT2D eigenvalue weighted by atomic mass is 16.1. The van der Waals surface area contributed by atoms with Crippen LogP contribution in [0.2, 0.25) is 0 Å². The molecule has 0 spiro atoms. The summed E-state index contributed by atoms with van der Waals surface area (Å²) in [6.07, 6.45) is 9.37. The maximum atomic E-state index is 11.8. The Balaban J connectivity index is 1.96. The average molecular weight is 219 g/mol. The lowest BCUT2D eigenvalue weighted by molar-refractivity contribution is 0.0905. The molecule has 0 saturated heterocycles. The van der Waals surface area contributed by atoms with Gasteiger partial charge in [0.25, 0.3) is 5.91 Å². The molecule has 1 amide bonds. The fourth-order valence-corrected chi connectivity index (χ4v) is 2.19. The predicted molar refractivity (Wildman–Crippen MR) is 60.9 cm³/mol. The van der Waals surface area contributed by atoms with Crippen molar-refractivity contribution in [3.63, 3.8) is 0 Å². The molecule has 1 aromatic heterocycles. The van der Waals surface area contributed by atoms with Gasteiger partial charge in [0, 0.05) is 18.4 Å². The van der Waals surface area contributed by atoms with E-state index < -0.39 is 0 Å². The van der Waals surface area contributed by atoms with Crippen molar-refractivity contribution in [3.8, 4) is 0 Å². The lowest BCUT2D eigenvalue weighted by Gasteiger charge is -2.29. The van der Waals surface area contributed by atoms with Crippen molar-refractivity contribution in [2.75, 3.05) is 0 Å². The molecule has 1 aliphatic rings. The third-order valence-corrected chi connectivity index (χ3v) is 3.22. The van der Waals surface area contributed by atoms with Crippen LogP contribution in [0.3, 0.4) is 0 Å². The normalized spacial score (nSPS) is 25.1. The predicted octanol–water partition coefficient (Wildman–Crippen LogP) is 1.79. The number of nitrogens with zero attached hydrogens (tertiary/aromatic N) is 2. The van der Waals surface area contributed by atoms with Gasteiger partial charge in [-0.15, -0.1) is 0 Å². The monoisotopic (exact) mass is 219 g/mol. The molecule has 0 bridgehead atoms. The maximum Gasteiger partial charge on any atom is 0.271 e. The van der Waals surface area contributed by atoms with Gasteiger partial charge in [-0.1, -0.05) is 19.8 Å². The topological polar surface area (TPSA) is 54.9 Å². The molecule has 1 N–H and O–H groups in total. The molecule has 1 heterocycles. The van der Waals surface area contributed by atoms with E-state index in [2.05, 4.69) is 22.2 Å². The van der Waals surface area contributed by atoms with Gasteiger partial charge in [-0.05, 0) is 18.8 Å². The second kappa shape index (κ2) is 5.05. The molecule has 1 aliphatic carbocycles. The first-order valence-electron chi connectivity index (χ1n) is 5.84. The molecule has 16 heavy (non-hydrogen) atoms. The van der Waals surface area contributed by atoms with Crippen LogP contribution in [0.15, 0.2) is 18.6 Å². The highest BCUT2D eigenvalue weighted by Gasteiger charge is 2.23. The molecule has 1 aromatic rings. The Hall–Kier alpha value is -1.45. The van der Waals surface area contributed by atoms with Crippen LogP contribution in [0, 0.1) is 5.92 Å². The minimum atomic E-state index is -0.105. The van der Waals surface area contributed by atoms with E-state index in [4.69, 9.17) is 0 Å². The Morgan fingerprint density at radius 3 is 2.88 bits per heavy atom. The molecule has 2 rings (SSSR count). The summed E-state index contributed by atoms with van der Waals surface area (Å²) >= 11 is 0. The summed E-state index contributed by atoms with van der Waals surface area (Å²) in [5, 5.41) is 3.04. The van der Waals surface area contributed by atoms with Crippen LogP contribution in [0.25, 0.3) is 0 Å². The molecule has 2 unspecified atom stereocenters. The Morgan fingerprint density at radius 2 is 2.19 bits per heavy atom. The first kappa shape index (κ1) is 11.0. The van der Waals surface area contributed by atoms with Gasteiger partial charge in [-0.3, -0.25) is 9.78 Å². The van der Waals surface area contributed by atoms with Gasteiger partial charge in [0.2, 0.25) is 0 Å². The van der Waals surface area contributed by atoms with E-state index in [9.17, 15) is 4.79 Å². The standard InChI is InChI=1S/C12H17N3O/c1-9-4-2-3-5-10(9)15-12(16)11-8-13-6-7-14-11/h6-10H,2-5H2,1H3,(H,15,16). The SMILES string of the molecule is CC1CCCCC1NC(=O)c1cnccn1. The summed E-state index contributed by atoms with van der Waals surface area (Å²) in [6.45, 7) is 2.20. The minimum absolute atomic E-state index is 0.105. The van der Waals surface area contributed by atoms with E-state index in [-0.39, 0.29) is 5.91 Å². The number of amides is 1. The summed E-state index contributed by atoms with van der Waals surface area (Å²) in [5.41, 5.74) is 0.403. The number of hydrogen-bond acceptors (Lipinski definition) is 3. The summed E-state index contributed by atoms with van der Waals surface area (Å²) < 4.78 is 0. The van der Waals surface area contributed by atoms with Gasteiger partial charge in [0.1, 0.15) is 5.69 Å². The second-order valence-electron chi connectivity index (χ2n) is 4.43. The quantitative estimate of drug-likeness (QED) is 0.825. The molecule has 4 nitrogen and oxygen atoms in total. The highest BCUT2D eigenvalue weighted by molar-refractivity contribution is 5.92. The first-order valence-corrected chi connectivity index (χ1v) is 5.84. The number of aromatic nitrogens is 2. The summed E-state index contributed by atoms with van der Waals surface area (Å²) in [4.78, 5) is 19.7. The molecule has 0 aliphatic heterocycles. The Bertz CT molecular complexity index is 353. The molecule has 86 valence electrons. The van der Waals surface area contributed by atoms with Crippen molar-refractivity contribution in [1.29, 1.82) is 0 Å². The number of carbonyl (C=O) groups excluding carboxylic acids is 1. The number of carbonyl (C=O) groups is 1. The van der Waals surface area contributed by atoms with Crippen molar-refractivity contribution in [3.05, 3.63) is 24.3 Å². The van der Waals surface area contributed by atoms with E-state index >= 15 is 0 Å². The third kappa shape index (κ3) is 2.56. The van der Waals surface area contributed by atoms with Gasteiger partial charge < -0.3 is 5.32 Å². The zero-order valence-electron chi connectivity index (χ0n) is 9.52. The third-order valence-electron chi connectivity index (χ3n) is 3.22. The lowest BCUT2D eigenvalue weighted by atomic mass is 9.86. The van der Waals surface area contributed by atoms with Gasteiger partial charge in [-0.25, -0.2) is 4.98 Å². The van der Waals surface area contributed by atoms with Crippen LogP contribution in [0.5, 0.6) is 0 Å². The summed E-state index contributed by atoms with van der Waals surface area (Å²) in [6, 6.07) is 0.295. The summed E-state index contributed by atoms with van der Waals surface area (Å²) in [7, 11) is 0. The lowest BCUT2D eigenvalue weighted by Crippen LogP contribution is -2.41. The van der Waals surface area contributed by atoms with Crippen molar-refractivity contribution >= 4 is 5.91 Å². The van der Waals surface area contributed by atoms with Crippen molar-refractivity contribution in [2.24, 2.45) is 5.92 Å². The van der Waals surface area contributed by atoms with Crippen molar-refractivity contribution in [1.82, 2.24) is 15.3 Å². The first-order chi connectivity index (χ1) is 7.77. The average Bonchev–Trinajstić information content (AvgIpc) is 2.33. The Labute approximate surface area is 95.5 Å².